The van der Waals surface area contributed by atoms with Crippen molar-refractivity contribution in [3.8, 4) is 0 Å². The number of hydrogen-bond acceptors (Lipinski definition) is 4. The Kier molecular flexibility index (Phi) is 5.20. The topological polar surface area (TPSA) is 49.3 Å². The summed E-state index contributed by atoms with van der Waals surface area (Å²) in [5, 5.41) is 0. The summed E-state index contributed by atoms with van der Waals surface area (Å²) in [5.41, 5.74) is 2.30. The second-order valence-corrected chi connectivity index (χ2v) is 6.52. The van der Waals surface area contributed by atoms with E-state index >= 15 is 0 Å². The lowest BCUT2D eigenvalue weighted by atomic mass is 10.1. The van der Waals surface area contributed by atoms with Crippen molar-refractivity contribution in [2.24, 2.45) is 0 Å². The Labute approximate surface area is 143 Å². The molecule has 1 unspecified atom stereocenters. The summed E-state index contributed by atoms with van der Waals surface area (Å²) < 4.78 is 0. The molecule has 0 N–H and O–H groups in total. The molecular formula is C19H24N4O. The van der Waals surface area contributed by atoms with Crippen LogP contribution in [0, 0.1) is 6.92 Å². The average molecular weight is 324 g/mol. The van der Waals surface area contributed by atoms with E-state index < -0.39 is 0 Å². The molecule has 5 nitrogen and oxygen atoms in total. The van der Waals surface area contributed by atoms with Gasteiger partial charge in [-0.15, -0.1) is 0 Å². The monoisotopic (exact) mass is 324 g/mol. The smallest absolute Gasteiger partial charge is 0.227 e. The van der Waals surface area contributed by atoms with Gasteiger partial charge in [-0.2, -0.15) is 0 Å². The average Bonchev–Trinajstić information content (AvgIpc) is 3.08. The van der Waals surface area contributed by atoms with Crippen LogP contribution in [0.1, 0.15) is 23.4 Å². The third kappa shape index (κ3) is 4.17. The highest BCUT2D eigenvalue weighted by Gasteiger charge is 2.28. The molecule has 0 radical (unpaired) electrons. The van der Waals surface area contributed by atoms with Crippen LogP contribution >= 0.6 is 0 Å². The van der Waals surface area contributed by atoms with Crippen molar-refractivity contribution in [3.63, 3.8) is 0 Å². The number of likely N-dealkylation sites (N-methyl/N-ethyl adjacent to an activating group) is 1. The van der Waals surface area contributed by atoms with Crippen LogP contribution in [0.3, 0.4) is 0 Å². The van der Waals surface area contributed by atoms with E-state index in [0.29, 0.717) is 19.0 Å². The summed E-state index contributed by atoms with van der Waals surface area (Å²) in [4.78, 5) is 25.3. The molecule has 2 aromatic rings. The first kappa shape index (κ1) is 16.6. The molecule has 126 valence electrons. The maximum absolute atomic E-state index is 12.5. The SMILES string of the molecule is Cc1ccc(CC(=O)N2CCC(N(C)Cc3ncccn3)C2)cc1. The molecule has 1 aromatic carbocycles. The number of rotatable bonds is 5. The number of carbonyl (C=O) groups excluding carboxylic acids is 1. The number of aromatic nitrogens is 2. The molecule has 0 saturated carbocycles. The van der Waals surface area contributed by atoms with Crippen molar-refractivity contribution in [2.45, 2.75) is 32.4 Å². The van der Waals surface area contributed by atoms with Gasteiger partial charge in [-0.3, -0.25) is 9.69 Å². The fourth-order valence-corrected chi connectivity index (χ4v) is 3.08. The first-order valence-electron chi connectivity index (χ1n) is 8.41. The van der Waals surface area contributed by atoms with Crippen molar-refractivity contribution < 1.29 is 4.79 Å². The van der Waals surface area contributed by atoms with Gasteiger partial charge in [0.2, 0.25) is 5.91 Å². The summed E-state index contributed by atoms with van der Waals surface area (Å²) in [7, 11) is 2.08. The lowest BCUT2D eigenvalue weighted by Gasteiger charge is -2.24. The molecule has 0 aliphatic carbocycles. The first-order chi connectivity index (χ1) is 11.6. The van der Waals surface area contributed by atoms with Crippen LogP contribution in [0.2, 0.25) is 0 Å². The second kappa shape index (κ2) is 7.53. The van der Waals surface area contributed by atoms with Gasteiger partial charge in [0, 0.05) is 31.5 Å². The Morgan fingerprint density at radius 3 is 2.67 bits per heavy atom. The maximum Gasteiger partial charge on any atom is 0.227 e. The highest BCUT2D eigenvalue weighted by Crippen LogP contribution is 2.17. The van der Waals surface area contributed by atoms with E-state index in [0.717, 1.165) is 30.9 Å². The summed E-state index contributed by atoms with van der Waals surface area (Å²) in [6.07, 6.45) is 5.02. The summed E-state index contributed by atoms with van der Waals surface area (Å²) in [5.74, 6) is 1.04. The van der Waals surface area contributed by atoms with Gasteiger partial charge in [0.15, 0.2) is 0 Å². The zero-order valence-electron chi connectivity index (χ0n) is 14.4. The molecule has 1 aliphatic rings. The molecule has 1 amide bonds. The molecule has 5 heteroatoms. The van der Waals surface area contributed by atoms with E-state index in [9.17, 15) is 4.79 Å². The van der Waals surface area contributed by atoms with Crippen molar-refractivity contribution in [1.82, 2.24) is 19.8 Å². The van der Waals surface area contributed by atoms with Gasteiger partial charge in [0.25, 0.3) is 0 Å². The van der Waals surface area contributed by atoms with Crippen LogP contribution in [0.5, 0.6) is 0 Å². The summed E-state index contributed by atoms with van der Waals surface area (Å²) in [6, 6.07) is 10.4. The first-order valence-corrected chi connectivity index (χ1v) is 8.41. The van der Waals surface area contributed by atoms with Crippen LogP contribution in [-0.4, -0.2) is 51.9 Å². The maximum atomic E-state index is 12.5. The van der Waals surface area contributed by atoms with Gasteiger partial charge in [-0.05, 0) is 32.0 Å². The zero-order valence-corrected chi connectivity index (χ0v) is 14.4. The molecule has 1 saturated heterocycles. The van der Waals surface area contributed by atoms with E-state index in [-0.39, 0.29) is 5.91 Å². The van der Waals surface area contributed by atoms with Crippen molar-refractivity contribution in [3.05, 3.63) is 59.7 Å². The number of nitrogens with zero attached hydrogens (tertiary/aromatic N) is 4. The lowest BCUT2D eigenvalue weighted by molar-refractivity contribution is -0.129. The highest BCUT2D eigenvalue weighted by atomic mass is 16.2. The second-order valence-electron chi connectivity index (χ2n) is 6.52. The summed E-state index contributed by atoms with van der Waals surface area (Å²) in [6.45, 7) is 4.39. The van der Waals surface area contributed by atoms with Gasteiger partial charge in [-0.25, -0.2) is 9.97 Å². The minimum absolute atomic E-state index is 0.214. The lowest BCUT2D eigenvalue weighted by Crippen LogP contribution is -2.37. The third-order valence-electron chi connectivity index (χ3n) is 4.63. The Morgan fingerprint density at radius 2 is 1.96 bits per heavy atom. The highest BCUT2D eigenvalue weighted by molar-refractivity contribution is 5.79. The largest absolute Gasteiger partial charge is 0.341 e. The van der Waals surface area contributed by atoms with Gasteiger partial charge in [0.05, 0.1) is 13.0 Å². The van der Waals surface area contributed by atoms with E-state index in [1.807, 2.05) is 23.1 Å². The molecule has 0 spiro atoms. The Hall–Kier alpha value is -2.27. The minimum atomic E-state index is 0.214. The number of benzene rings is 1. The molecular weight excluding hydrogens is 300 g/mol. The predicted molar refractivity (Wildman–Crippen MR) is 93.4 cm³/mol. The molecule has 1 fully saturated rings. The quantitative estimate of drug-likeness (QED) is 0.845. The van der Waals surface area contributed by atoms with Gasteiger partial charge in [-0.1, -0.05) is 29.8 Å². The van der Waals surface area contributed by atoms with Crippen molar-refractivity contribution in [1.29, 1.82) is 0 Å². The van der Waals surface area contributed by atoms with E-state index in [4.69, 9.17) is 0 Å². The Morgan fingerprint density at radius 1 is 1.25 bits per heavy atom. The Balaban J connectivity index is 1.52. The zero-order chi connectivity index (χ0) is 16.9. The van der Waals surface area contributed by atoms with Crippen molar-refractivity contribution in [2.75, 3.05) is 20.1 Å². The van der Waals surface area contributed by atoms with Crippen LogP contribution in [0.25, 0.3) is 0 Å². The van der Waals surface area contributed by atoms with Crippen LogP contribution in [0.4, 0.5) is 0 Å². The summed E-state index contributed by atoms with van der Waals surface area (Å²) >= 11 is 0. The molecule has 2 heterocycles. The fourth-order valence-electron chi connectivity index (χ4n) is 3.08. The van der Waals surface area contributed by atoms with Gasteiger partial charge >= 0.3 is 0 Å². The van der Waals surface area contributed by atoms with E-state index in [1.165, 1.54) is 5.56 Å². The van der Waals surface area contributed by atoms with Crippen LogP contribution in [-0.2, 0) is 17.8 Å². The number of aryl methyl sites for hydroxylation is 1. The van der Waals surface area contributed by atoms with E-state index in [2.05, 4.69) is 41.0 Å². The fraction of sp³-hybridized carbons (Fsp3) is 0.421. The molecule has 1 aliphatic heterocycles. The number of amides is 1. The predicted octanol–water partition coefficient (Wildman–Crippen LogP) is 2.06. The molecule has 1 atom stereocenters. The van der Waals surface area contributed by atoms with Crippen LogP contribution in [0.15, 0.2) is 42.7 Å². The van der Waals surface area contributed by atoms with Gasteiger partial charge < -0.3 is 4.90 Å². The van der Waals surface area contributed by atoms with Crippen molar-refractivity contribution >= 4 is 5.91 Å². The molecule has 3 rings (SSSR count). The number of likely N-dealkylation sites (tertiary alicyclic amines) is 1. The molecule has 1 aromatic heterocycles. The molecule has 24 heavy (non-hydrogen) atoms. The number of hydrogen-bond donors (Lipinski definition) is 0. The standard InChI is InChI=1S/C19H24N4O/c1-15-4-6-16(7-5-15)12-19(24)23-11-8-17(13-23)22(2)14-18-20-9-3-10-21-18/h3-7,9-10,17H,8,11-14H2,1-2H3. The van der Waals surface area contributed by atoms with Crippen LogP contribution < -0.4 is 0 Å². The Bertz CT molecular complexity index is 672. The number of carbonyl (C=O) groups is 1. The normalized spacial score (nSPS) is 17.5. The minimum Gasteiger partial charge on any atom is -0.341 e. The molecule has 0 bridgehead atoms. The third-order valence-corrected chi connectivity index (χ3v) is 4.63. The van der Waals surface area contributed by atoms with Gasteiger partial charge in [0.1, 0.15) is 5.82 Å². The van der Waals surface area contributed by atoms with E-state index in [1.54, 1.807) is 12.4 Å².